The van der Waals surface area contributed by atoms with Gasteiger partial charge in [0.2, 0.25) is 5.91 Å². The highest BCUT2D eigenvalue weighted by molar-refractivity contribution is 5.91. The summed E-state index contributed by atoms with van der Waals surface area (Å²) in [5.74, 6) is -0.390. The molecule has 12 heavy (non-hydrogen) atoms. The fraction of sp³-hybridized carbons (Fsp3) is 0.625. The first-order valence-corrected chi connectivity index (χ1v) is 3.97. The lowest BCUT2D eigenvalue weighted by molar-refractivity contribution is -0.114. The molecule has 0 rings (SSSR count). The molecule has 0 aliphatic heterocycles. The van der Waals surface area contributed by atoms with Crippen LogP contribution in [0.4, 0.5) is 0 Å². The largest absolute Gasteiger partial charge is 0.366 e. The molecule has 0 spiro atoms. The van der Waals surface area contributed by atoms with E-state index in [2.05, 4.69) is 6.58 Å². The Hall–Kier alpha value is -0.870. The summed E-state index contributed by atoms with van der Waals surface area (Å²) >= 11 is 0. The van der Waals surface area contributed by atoms with Gasteiger partial charge in [-0.05, 0) is 12.3 Å². The smallest absolute Gasteiger partial charge is 0.244 e. The summed E-state index contributed by atoms with van der Waals surface area (Å²) in [6.45, 7) is 5.50. The molecule has 0 aliphatic carbocycles. The summed E-state index contributed by atoms with van der Waals surface area (Å²) in [6, 6.07) is 0. The van der Waals surface area contributed by atoms with Crippen LogP contribution in [0.5, 0.6) is 0 Å². The maximum atomic E-state index is 10.6. The van der Waals surface area contributed by atoms with Gasteiger partial charge in [0, 0.05) is 5.57 Å². The second-order valence-electron chi connectivity index (χ2n) is 2.92. The van der Waals surface area contributed by atoms with Gasteiger partial charge in [-0.1, -0.05) is 19.9 Å². The maximum Gasteiger partial charge on any atom is 0.244 e. The minimum Gasteiger partial charge on any atom is -0.366 e. The van der Waals surface area contributed by atoms with E-state index in [9.17, 15) is 4.79 Å². The van der Waals surface area contributed by atoms with Gasteiger partial charge in [-0.25, -0.2) is 0 Å². The zero-order chi connectivity index (χ0) is 9.72. The predicted molar refractivity (Wildman–Crippen MR) is 48.9 cm³/mol. The normalized spacial score (nSPS) is 13.0. The fourth-order valence-corrected chi connectivity index (χ4v) is 0.970. The molecular formula is C8H17N3O. The lowest BCUT2D eigenvalue weighted by atomic mass is 9.95. The maximum absolute atomic E-state index is 10.6. The predicted octanol–water partition coefficient (Wildman–Crippen LogP) is -0.312. The van der Waals surface area contributed by atoms with Crippen molar-refractivity contribution in [2.24, 2.45) is 23.1 Å². The van der Waals surface area contributed by atoms with Crippen LogP contribution in [0.3, 0.4) is 0 Å². The van der Waals surface area contributed by atoms with Crippen molar-refractivity contribution in [3.05, 3.63) is 12.2 Å². The molecule has 0 saturated heterocycles. The number of nitrogens with two attached hydrogens (primary N) is 3. The van der Waals surface area contributed by atoms with Crippen molar-refractivity contribution in [3.8, 4) is 0 Å². The molecular weight excluding hydrogens is 154 g/mol. The Balaban J connectivity index is 4.03. The van der Waals surface area contributed by atoms with E-state index in [1.54, 1.807) is 0 Å². The minimum atomic E-state index is -0.478. The molecule has 70 valence electrons. The molecule has 1 atom stereocenters. The molecule has 0 radical (unpaired) electrons. The second kappa shape index (κ2) is 4.90. The number of amides is 1. The van der Waals surface area contributed by atoms with Crippen LogP contribution in [-0.2, 0) is 4.79 Å². The molecule has 0 aliphatic rings. The molecule has 4 heteroatoms. The molecule has 0 bridgehead atoms. The summed E-state index contributed by atoms with van der Waals surface area (Å²) < 4.78 is 0. The van der Waals surface area contributed by atoms with E-state index in [0.717, 1.165) is 6.42 Å². The Kier molecular flexibility index (Phi) is 4.54. The highest BCUT2D eigenvalue weighted by Crippen LogP contribution is 2.14. The third-order valence-electron chi connectivity index (χ3n) is 1.93. The van der Waals surface area contributed by atoms with Crippen molar-refractivity contribution in [1.29, 1.82) is 0 Å². The minimum absolute atomic E-state index is 0.0880. The van der Waals surface area contributed by atoms with E-state index in [-0.39, 0.29) is 5.92 Å². The van der Waals surface area contributed by atoms with Gasteiger partial charge in [-0.2, -0.15) is 0 Å². The standard InChI is InChI=1S/C8H17N3O/c1-3-6(7(9)10)4-5(2)8(11)12/h6-7H,2-4,9-10H2,1H3,(H2,11,12). The first-order valence-electron chi connectivity index (χ1n) is 3.97. The molecule has 1 amide bonds. The average Bonchev–Trinajstić information content (AvgIpc) is 1.98. The number of rotatable bonds is 5. The topological polar surface area (TPSA) is 95.1 Å². The van der Waals surface area contributed by atoms with Gasteiger partial charge in [0.1, 0.15) is 0 Å². The Morgan fingerprint density at radius 2 is 2.00 bits per heavy atom. The third kappa shape index (κ3) is 3.50. The number of hydrogen-bond donors (Lipinski definition) is 3. The van der Waals surface area contributed by atoms with E-state index >= 15 is 0 Å². The van der Waals surface area contributed by atoms with Gasteiger partial charge < -0.3 is 17.2 Å². The summed E-state index contributed by atoms with van der Waals surface area (Å²) in [6.07, 6.45) is 0.902. The van der Waals surface area contributed by atoms with Crippen molar-refractivity contribution in [2.45, 2.75) is 25.9 Å². The average molecular weight is 171 g/mol. The number of primary amides is 1. The first-order chi connectivity index (χ1) is 5.49. The Bertz CT molecular complexity index is 177. The number of carbonyl (C=O) groups is 1. The van der Waals surface area contributed by atoms with Crippen molar-refractivity contribution in [3.63, 3.8) is 0 Å². The Morgan fingerprint density at radius 3 is 2.25 bits per heavy atom. The van der Waals surface area contributed by atoms with E-state index in [0.29, 0.717) is 12.0 Å². The highest BCUT2D eigenvalue weighted by Gasteiger charge is 2.15. The Labute approximate surface area is 72.8 Å². The summed E-state index contributed by atoms with van der Waals surface area (Å²) in [7, 11) is 0. The quantitative estimate of drug-likeness (QED) is 0.391. The molecule has 0 saturated carbocycles. The van der Waals surface area contributed by atoms with Crippen LogP contribution >= 0.6 is 0 Å². The molecule has 0 aromatic heterocycles. The fourth-order valence-electron chi connectivity index (χ4n) is 0.970. The zero-order valence-electron chi connectivity index (χ0n) is 7.42. The molecule has 0 fully saturated rings. The molecule has 6 N–H and O–H groups in total. The van der Waals surface area contributed by atoms with E-state index < -0.39 is 12.1 Å². The highest BCUT2D eigenvalue weighted by atomic mass is 16.1. The lowest BCUT2D eigenvalue weighted by Gasteiger charge is -2.18. The SMILES string of the molecule is C=C(CC(CC)C(N)N)C(N)=O. The van der Waals surface area contributed by atoms with Crippen LogP contribution < -0.4 is 17.2 Å². The lowest BCUT2D eigenvalue weighted by Crippen LogP contribution is -2.39. The Morgan fingerprint density at radius 1 is 1.50 bits per heavy atom. The van der Waals surface area contributed by atoms with Gasteiger partial charge in [0.15, 0.2) is 0 Å². The first kappa shape index (κ1) is 11.1. The molecule has 0 aromatic rings. The van der Waals surface area contributed by atoms with Gasteiger partial charge in [-0.3, -0.25) is 4.79 Å². The summed E-state index contributed by atoms with van der Waals surface area (Å²) in [5, 5.41) is 0. The summed E-state index contributed by atoms with van der Waals surface area (Å²) in [4.78, 5) is 10.6. The molecule has 4 nitrogen and oxygen atoms in total. The third-order valence-corrected chi connectivity index (χ3v) is 1.93. The van der Waals surface area contributed by atoms with Gasteiger partial charge in [0.05, 0.1) is 6.17 Å². The monoisotopic (exact) mass is 171 g/mol. The molecule has 0 aromatic carbocycles. The van der Waals surface area contributed by atoms with Crippen LogP contribution in [-0.4, -0.2) is 12.1 Å². The van der Waals surface area contributed by atoms with Crippen LogP contribution in [0.25, 0.3) is 0 Å². The van der Waals surface area contributed by atoms with Crippen LogP contribution in [0.15, 0.2) is 12.2 Å². The number of carbonyl (C=O) groups excluding carboxylic acids is 1. The zero-order valence-corrected chi connectivity index (χ0v) is 7.42. The van der Waals surface area contributed by atoms with E-state index in [4.69, 9.17) is 17.2 Å². The van der Waals surface area contributed by atoms with Crippen LogP contribution in [0, 0.1) is 5.92 Å². The molecule has 1 unspecified atom stereocenters. The van der Waals surface area contributed by atoms with Crippen molar-refractivity contribution in [2.75, 3.05) is 0 Å². The number of hydrogen-bond acceptors (Lipinski definition) is 3. The summed E-state index contributed by atoms with van der Waals surface area (Å²) in [5.41, 5.74) is 16.4. The van der Waals surface area contributed by atoms with Crippen molar-refractivity contribution >= 4 is 5.91 Å². The van der Waals surface area contributed by atoms with Gasteiger partial charge in [-0.15, -0.1) is 0 Å². The van der Waals surface area contributed by atoms with Crippen molar-refractivity contribution < 1.29 is 4.79 Å². The second-order valence-corrected chi connectivity index (χ2v) is 2.92. The van der Waals surface area contributed by atoms with Crippen LogP contribution in [0.2, 0.25) is 0 Å². The van der Waals surface area contributed by atoms with E-state index in [1.165, 1.54) is 0 Å². The van der Waals surface area contributed by atoms with Crippen molar-refractivity contribution in [1.82, 2.24) is 0 Å². The van der Waals surface area contributed by atoms with Crippen LogP contribution in [0.1, 0.15) is 19.8 Å². The van der Waals surface area contributed by atoms with Gasteiger partial charge in [0.25, 0.3) is 0 Å². The van der Waals surface area contributed by atoms with E-state index in [1.807, 2.05) is 6.92 Å². The molecule has 0 heterocycles. The van der Waals surface area contributed by atoms with Gasteiger partial charge >= 0.3 is 0 Å².